The van der Waals surface area contributed by atoms with E-state index in [0.717, 1.165) is 18.1 Å². The molecule has 1 fully saturated rings. The summed E-state index contributed by atoms with van der Waals surface area (Å²) in [5.74, 6) is 1.90. The second-order valence-electron chi connectivity index (χ2n) is 4.84. The molecule has 1 atom stereocenters. The monoisotopic (exact) mass is 316 g/mol. The fraction of sp³-hybridized carbons (Fsp3) is 0.500. The van der Waals surface area contributed by atoms with Crippen molar-refractivity contribution in [3.8, 4) is 5.75 Å². The number of anilines is 1. The second-order valence-corrected chi connectivity index (χ2v) is 5.99. The summed E-state index contributed by atoms with van der Waals surface area (Å²) in [7, 11) is 0. The van der Waals surface area contributed by atoms with E-state index in [2.05, 4.69) is 15.4 Å². The van der Waals surface area contributed by atoms with E-state index >= 15 is 0 Å². The zero-order valence-corrected chi connectivity index (χ0v) is 12.5. The van der Waals surface area contributed by atoms with Gasteiger partial charge in [-0.2, -0.15) is 20.5 Å². The molecule has 1 unspecified atom stereocenters. The zero-order chi connectivity index (χ0) is 15.2. The van der Waals surface area contributed by atoms with Crippen LogP contribution in [-0.4, -0.2) is 36.6 Å². The van der Waals surface area contributed by atoms with Gasteiger partial charge in [0.15, 0.2) is 0 Å². The molecule has 2 rings (SSSR count). The van der Waals surface area contributed by atoms with Gasteiger partial charge < -0.3 is 15.4 Å². The first-order valence-electron chi connectivity index (χ1n) is 6.71. The van der Waals surface area contributed by atoms with Crippen LogP contribution in [0.2, 0.25) is 0 Å². The first-order chi connectivity index (χ1) is 10.0. The van der Waals surface area contributed by atoms with Crippen molar-refractivity contribution in [2.75, 3.05) is 23.4 Å². The Hall–Kier alpha value is -1.34. The highest BCUT2D eigenvalue weighted by atomic mass is 32.2. The molecule has 0 spiro atoms. The van der Waals surface area contributed by atoms with Crippen LogP contribution in [0.4, 0.5) is 14.5 Å². The quantitative estimate of drug-likeness (QED) is 0.877. The smallest absolute Gasteiger partial charge is 0.387 e. The average molecular weight is 316 g/mol. The van der Waals surface area contributed by atoms with E-state index in [0.29, 0.717) is 17.7 Å². The third kappa shape index (κ3) is 5.17. The van der Waals surface area contributed by atoms with Gasteiger partial charge in [-0.3, -0.25) is 4.79 Å². The minimum absolute atomic E-state index is 0.0779. The Balaban J connectivity index is 1.93. The lowest BCUT2D eigenvalue weighted by Crippen LogP contribution is -2.39. The van der Waals surface area contributed by atoms with Gasteiger partial charge >= 0.3 is 6.61 Å². The minimum atomic E-state index is -2.88. The zero-order valence-electron chi connectivity index (χ0n) is 11.7. The number of ether oxygens (including phenoxy) is 1. The summed E-state index contributed by atoms with van der Waals surface area (Å²) < 4.78 is 29.0. The van der Waals surface area contributed by atoms with Crippen LogP contribution in [-0.2, 0) is 4.79 Å². The molecular formula is C14H18F2N2O2S. The molecule has 2 N–H and O–H groups in total. The molecule has 21 heavy (non-hydrogen) atoms. The molecule has 1 saturated heterocycles. The number of benzene rings is 1. The normalized spacial score (nSPS) is 18.6. The van der Waals surface area contributed by atoms with E-state index in [1.807, 2.05) is 11.8 Å². The highest BCUT2D eigenvalue weighted by molar-refractivity contribution is 7.99. The Labute approximate surface area is 126 Å². The Morgan fingerprint density at radius 3 is 3.05 bits per heavy atom. The number of rotatable bonds is 5. The van der Waals surface area contributed by atoms with Crippen LogP contribution in [0.5, 0.6) is 5.75 Å². The molecule has 1 aliphatic rings. The number of alkyl halides is 2. The molecule has 7 heteroatoms. The summed E-state index contributed by atoms with van der Waals surface area (Å²) >= 11 is 1.82. The van der Waals surface area contributed by atoms with Gasteiger partial charge in [-0.15, -0.1) is 0 Å². The van der Waals surface area contributed by atoms with Gasteiger partial charge in [0.25, 0.3) is 0 Å². The van der Waals surface area contributed by atoms with Crippen LogP contribution in [0, 0.1) is 6.92 Å². The van der Waals surface area contributed by atoms with Crippen LogP contribution in [0.15, 0.2) is 18.2 Å². The average Bonchev–Trinajstić information content (AvgIpc) is 2.43. The summed E-state index contributed by atoms with van der Waals surface area (Å²) in [5, 5.41) is 5.99. The maximum atomic E-state index is 12.3. The summed E-state index contributed by atoms with van der Waals surface area (Å²) in [6.07, 6.45) is 0.367. The predicted octanol–water partition coefficient (Wildman–Crippen LogP) is 2.63. The first kappa shape index (κ1) is 16.0. The van der Waals surface area contributed by atoms with Gasteiger partial charge in [0.1, 0.15) is 5.75 Å². The highest BCUT2D eigenvalue weighted by Gasteiger charge is 2.17. The second kappa shape index (κ2) is 7.61. The largest absolute Gasteiger partial charge is 0.434 e. The van der Waals surface area contributed by atoms with Crippen molar-refractivity contribution in [2.45, 2.75) is 26.0 Å². The molecular weight excluding hydrogens is 298 g/mol. The number of nitrogens with one attached hydrogen (secondary N) is 2. The molecule has 1 aromatic carbocycles. The number of hydrogen-bond acceptors (Lipinski definition) is 4. The van der Waals surface area contributed by atoms with Crippen LogP contribution in [0.3, 0.4) is 0 Å². The van der Waals surface area contributed by atoms with E-state index in [-0.39, 0.29) is 17.7 Å². The van der Waals surface area contributed by atoms with Gasteiger partial charge in [-0.05, 0) is 18.6 Å². The van der Waals surface area contributed by atoms with Crippen molar-refractivity contribution >= 4 is 23.4 Å². The molecule has 1 aliphatic heterocycles. The lowest BCUT2D eigenvalue weighted by Gasteiger charge is -2.22. The number of carbonyl (C=O) groups is 1. The van der Waals surface area contributed by atoms with Crippen molar-refractivity contribution in [1.82, 2.24) is 5.32 Å². The first-order valence-corrected chi connectivity index (χ1v) is 7.86. The molecule has 0 bridgehead atoms. The summed E-state index contributed by atoms with van der Waals surface area (Å²) in [6, 6.07) is 4.89. The van der Waals surface area contributed by atoms with Crippen LogP contribution in [0.1, 0.15) is 12.0 Å². The van der Waals surface area contributed by atoms with Gasteiger partial charge in [0.05, 0.1) is 0 Å². The SMILES string of the molecule is Cc1ccc(NC(=O)CC2CSCCN2)cc1OC(F)F. The van der Waals surface area contributed by atoms with Gasteiger partial charge in [0.2, 0.25) is 5.91 Å². The van der Waals surface area contributed by atoms with Gasteiger partial charge in [-0.1, -0.05) is 6.07 Å². The molecule has 1 amide bonds. The van der Waals surface area contributed by atoms with Crippen molar-refractivity contribution in [1.29, 1.82) is 0 Å². The molecule has 0 radical (unpaired) electrons. The number of hydrogen-bond donors (Lipinski definition) is 2. The molecule has 4 nitrogen and oxygen atoms in total. The maximum absolute atomic E-state index is 12.3. The summed E-state index contributed by atoms with van der Waals surface area (Å²) in [5.41, 5.74) is 1.06. The number of carbonyl (C=O) groups excluding carboxylic acids is 1. The molecule has 1 aromatic rings. The van der Waals surface area contributed by atoms with Crippen LogP contribution < -0.4 is 15.4 Å². The van der Waals surface area contributed by atoms with E-state index in [4.69, 9.17) is 0 Å². The van der Waals surface area contributed by atoms with E-state index in [9.17, 15) is 13.6 Å². The number of halogens is 2. The number of thioether (sulfide) groups is 1. The fourth-order valence-electron chi connectivity index (χ4n) is 2.09. The lowest BCUT2D eigenvalue weighted by molar-refractivity contribution is -0.116. The fourth-order valence-corrected chi connectivity index (χ4v) is 3.04. The third-order valence-corrected chi connectivity index (χ3v) is 4.25. The Morgan fingerprint density at radius 2 is 2.38 bits per heavy atom. The van der Waals surface area contributed by atoms with E-state index < -0.39 is 6.61 Å². The van der Waals surface area contributed by atoms with Crippen molar-refractivity contribution < 1.29 is 18.3 Å². The number of aryl methyl sites for hydroxylation is 1. The van der Waals surface area contributed by atoms with E-state index in [1.165, 1.54) is 6.07 Å². The summed E-state index contributed by atoms with van der Waals surface area (Å²) in [6.45, 7) is -0.301. The lowest BCUT2D eigenvalue weighted by atomic mass is 10.2. The standard InChI is InChI=1S/C14H18F2N2O2S/c1-9-2-3-10(6-12(9)20-14(15)16)18-13(19)7-11-8-21-5-4-17-11/h2-3,6,11,14,17H,4-5,7-8H2,1H3,(H,18,19). The Morgan fingerprint density at radius 1 is 1.57 bits per heavy atom. The molecule has 0 aromatic heterocycles. The van der Waals surface area contributed by atoms with Crippen molar-refractivity contribution in [2.24, 2.45) is 0 Å². The predicted molar refractivity (Wildman–Crippen MR) is 80.2 cm³/mol. The third-order valence-electron chi connectivity index (χ3n) is 3.12. The van der Waals surface area contributed by atoms with Crippen molar-refractivity contribution in [3.05, 3.63) is 23.8 Å². The summed E-state index contributed by atoms with van der Waals surface area (Å²) in [4.78, 5) is 11.9. The maximum Gasteiger partial charge on any atom is 0.387 e. The molecule has 1 heterocycles. The molecule has 0 saturated carbocycles. The molecule has 116 valence electrons. The van der Waals surface area contributed by atoms with Crippen LogP contribution in [0.25, 0.3) is 0 Å². The Bertz CT molecular complexity index is 494. The van der Waals surface area contributed by atoms with Gasteiger partial charge in [0, 0.05) is 42.3 Å². The Kier molecular flexibility index (Phi) is 5.81. The van der Waals surface area contributed by atoms with Gasteiger partial charge in [-0.25, -0.2) is 0 Å². The van der Waals surface area contributed by atoms with Crippen LogP contribution >= 0.6 is 11.8 Å². The van der Waals surface area contributed by atoms with E-state index in [1.54, 1.807) is 19.1 Å². The van der Waals surface area contributed by atoms with Crippen molar-refractivity contribution in [3.63, 3.8) is 0 Å². The molecule has 0 aliphatic carbocycles. The number of amides is 1. The minimum Gasteiger partial charge on any atom is -0.434 e. The highest BCUT2D eigenvalue weighted by Crippen LogP contribution is 2.24. The topological polar surface area (TPSA) is 50.4 Å².